The van der Waals surface area contributed by atoms with Gasteiger partial charge >= 0.3 is 0 Å². The SMILES string of the molecule is CCCNC(Cc1ccsc1)c1cc(CC)nn1CC. The Kier molecular flexibility index (Phi) is 5.80. The highest BCUT2D eigenvalue weighted by Crippen LogP contribution is 2.21. The fourth-order valence-electron chi connectivity index (χ4n) is 2.44. The van der Waals surface area contributed by atoms with Gasteiger partial charge in [-0.1, -0.05) is 13.8 Å². The first kappa shape index (κ1) is 15.3. The average molecular weight is 291 g/mol. The van der Waals surface area contributed by atoms with E-state index in [0.717, 1.165) is 32.4 Å². The predicted molar refractivity (Wildman–Crippen MR) is 86.3 cm³/mol. The highest BCUT2D eigenvalue weighted by molar-refractivity contribution is 7.07. The van der Waals surface area contributed by atoms with Crippen molar-refractivity contribution < 1.29 is 0 Å². The molecule has 0 spiro atoms. The van der Waals surface area contributed by atoms with Gasteiger partial charge in [0.1, 0.15) is 0 Å². The van der Waals surface area contributed by atoms with Crippen molar-refractivity contribution in [3.8, 4) is 0 Å². The maximum atomic E-state index is 4.68. The summed E-state index contributed by atoms with van der Waals surface area (Å²) in [7, 11) is 0. The molecule has 110 valence electrons. The van der Waals surface area contributed by atoms with Gasteiger partial charge in [-0.2, -0.15) is 16.4 Å². The minimum absolute atomic E-state index is 0.359. The lowest BCUT2D eigenvalue weighted by Crippen LogP contribution is -2.26. The lowest BCUT2D eigenvalue weighted by molar-refractivity contribution is 0.478. The Morgan fingerprint density at radius 1 is 1.35 bits per heavy atom. The molecule has 3 nitrogen and oxygen atoms in total. The van der Waals surface area contributed by atoms with Gasteiger partial charge in [-0.05, 0) is 61.2 Å². The number of hydrogen-bond acceptors (Lipinski definition) is 3. The maximum Gasteiger partial charge on any atom is 0.0625 e. The molecule has 2 aromatic rings. The average Bonchev–Trinajstić information content (AvgIpc) is 3.12. The molecule has 0 saturated heterocycles. The molecule has 20 heavy (non-hydrogen) atoms. The largest absolute Gasteiger partial charge is 0.308 e. The van der Waals surface area contributed by atoms with Crippen LogP contribution in [-0.4, -0.2) is 16.3 Å². The molecule has 0 aromatic carbocycles. The minimum atomic E-state index is 0.359. The summed E-state index contributed by atoms with van der Waals surface area (Å²) in [6.45, 7) is 8.52. The molecule has 0 amide bonds. The quantitative estimate of drug-likeness (QED) is 0.801. The van der Waals surface area contributed by atoms with Crippen LogP contribution in [-0.2, 0) is 19.4 Å². The normalized spacial score (nSPS) is 12.8. The summed E-state index contributed by atoms with van der Waals surface area (Å²) in [4.78, 5) is 0. The van der Waals surface area contributed by atoms with E-state index in [1.54, 1.807) is 11.3 Å². The molecule has 2 heterocycles. The number of rotatable bonds is 8. The lowest BCUT2D eigenvalue weighted by Gasteiger charge is -2.19. The number of nitrogens with zero attached hydrogens (tertiary/aromatic N) is 2. The van der Waals surface area contributed by atoms with Gasteiger partial charge in [0.25, 0.3) is 0 Å². The summed E-state index contributed by atoms with van der Waals surface area (Å²) < 4.78 is 2.15. The van der Waals surface area contributed by atoms with Crippen molar-refractivity contribution in [3.63, 3.8) is 0 Å². The second-order valence-electron chi connectivity index (χ2n) is 5.07. The molecular weight excluding hydrogens is 266 g/mol. The number of aryl methyl sites for hydroxylation is 2. The highest BCUT2D eigenvalue weighted by Gasteiger charge is 2.17. The van der Waals surface area contributed by atoms with E-state index >= 15 is 0 Å². The molecule has 0 aliphatic rings. The van der Waals surface area contributed by atoms with Crippen molar-refractivity contribution in [1.82, 2.24) is 15.1 Å². The van der Waals surface area contributed by atoms with Crippen LogP contribution < -0.4 is 5.32 Å². The van der Waals surface area contributed by atoms with Crippen molar-refractivity contribution in [1.29, 1.82) is 0 Å². The van der Waals surface area contributed by atoms with Crippen LogP contribution in [0.3, 0.4) is 0 Å². The molecule has 2 aromatic heterocycles. The van der Waals surface area contributed by atoms with E-state index < -0.39 is 0 Å². The first-order chi connectivity index (χ1) is 9.78. The molecule has 0 bridgehead atoms. The van der Waals surface area contributed by atoms with Crippen LogP contribution in [0.15, 0.2) is 22.9 Å². The molecular formula is C16H25N3S. The van der Waals surface area contributed by atoms with Gasteiger partial charge in [-0.15, -0.1) is 0 Å². The third-order valence-corrected chi connectivity index (χ3v) is 4.27. The molecule has 0 radical (unpaired) electrons. The van der Waals surface area contributed by atoms with Gasteiger partial charge in [0, 0.05) is 6.54 Å². The van der Waals surface area contributed by atoms with E-state index in [-0.39, 0.29) is 0 Å². The second-order valence-corrected chi connectivity index (χ2v) is 5.85. The van der Waals surface area contributed by atoms with Crippen molar-refractivity contribution in [2.75, 3.05) is 6.54 Å². The fourth-order valence-corrected chi connectivity index (χ4v) is 3.12. The van der Waals surface area contributed by atoms with Crippen LogP contribution in [0.2, 0.25) is 0 Å². The van der Waals surface area contributed by atoms with Crippen molar-refractivity contribution in [2.45, 2.75) is 52.6 Å². The van der Waals surface area contributed by atoms with Gasteiger partial charge in [0.15, 0.2) is 0 Å². The van der Waals surface area contributed by atoms with Crippen LogP contribution in [0.1, 0.15) is 50.2 Å². The van der Waals surface area contributed by atoms with Crippen LogP contribution in [0, 0.1) is 0 Å². The monoisotopic (exact) mass is 291 g/mol. The first-order valence-electron chi connectivity index (χ1n) is 7.59. The summed E-state index contributed by atoms with van der Waals surface area (Å²) in [6.07, 6.45) is 3.19. The Balaban J connectivity index is 2.22. The lowest BCUT2D eigenvalue weighted by atomic mass is 10.0. The topological polar surface area (TPSA) is 29.9 Å². The molecule has 1 N–H and O–H groups in total. The summed E-state index contributed by atoms with van der Waals surface area (Å²) >= 11 is 1.77. The van der Waals surface area contributed by atoms with Gasteiger partial charge in [0.05, 0.1) is 17.4 Å². The fraction of sp³-hybridized carbons (Fsp3) is 0.562. The Hall–Kier alpha value is -1.13. The van der Waals surface area contributed by atoms with Crippen LogP contribution in [0.25, 0.3) is 0 Å². The Morgan fingerprint density at radius 2 is 2.20 bits per heavy atom. The van der Waals surface area contributed by atoms with E-state index in [1.807, 2.05) is 0 Å². The molecule has 1 atom stereocenters. The minimum Gasteiger partial charge on any atom is -0.308 e. The molecule has 2 rings (SSSR count). The smallest absolute Gasteiger partial charge is 0.0625 e. The molecule has 0 aliphatic carbocycles. The van der Waals surface area contributed by atoms with E-state index in [0.29, 0.717) is 6.04 Å². The zero-order valence-corrected chi connectivity index (χ0v) is 13.5. The Labute approximate surface area is 126 Å². The molecule has 4 heteroatoms. The van der Waals surface area contributed by atoms with E-state index in [9.17, 15) is 0 Å². The van der Waals surface area contributed by atoms with Crippen LogP contribution in [0.5, 0.6) is 0 Å². The zero-order valence-electron chi connectivity index (χ0n) is 12.7. The summed E-state index contributed by atoms with van der Waals surface area (Å²) in [5.74, 6) is 0. The Morgan fingerprint density at radius 3 is 2.80 bits per heavy atom. The molecule has 0 fully saturated rings. The molecule has 0 saturated carbocycles. The summed E-state index contributed by atoms with van der Waals surface area (Å²) in [5, 5.41) is 12.8. The van der Waals surface area contributed by atoms with Crippen molar-refractivity contribution in [3.05, 3.63) is 39.8 Å². The van der Waals surface area contributed by atoms with Crippen LogP contribution in [0.4, 0.5) is 0 Å². The standard InChI is InChI=1S/C16H25N3S/c1-4-8-17-15(10-13-7-9-20-12-13)16-11-14(5-2)18-19(16)6-3/h7,9,11-12,15,17H,4-6,8,10H2,1-3H3. The number of hydrogen-bond donors (Lipinski definition) is 1. The summed E-state index contributed by atoms with van der Waals surface area (Å²) in [5.41, 5.74) is 3.92. The van der Waals surface area contributed by atoms with Gasteiger partial charge in [0.2, 0.25) is 0 Å². The number of thiophene rings is 1. The van der Waals surface area contributed by atoms with E-state index in [2.05, 4.69) is 58.8 Å². The predicted octanol–water partition coefficient (Wildman–Crippen LogP) is 3.81. The van der Waals surface area contributed by atoms with E-state index in [1.165, 1.54) is 17.0 Å². The molecule has 0 aliphatic heterocycles. The highest BCUT2D eigenvalue weighted by atomic mass is 32.1. The van der Waals surface area contributed by atoms with Crippen molar-refractivity contribution in [2.24, 2.45) is 0 Å². The van der Waals surface area contributed by atoms with Gasteiger partial charge in [-0.25, -0.2) is 0 Å². The second kappa shape index (κ2) is 7.60. The Bertz CT molecular complexity index is 502. The number of aromatic nitrogens is 2. The van der Waals surface area contributed by atoms with Gasteiger partial charge in [-0.3, -0.25) is 4.68 Å². The summed E-state index contributed by atoms with van der Waals surface area (Å²) in [6, 6.07) is 4.85. The van der Waals surface area contributed by atoms with Gasteiger partial charge < -0.3 is 5.32 Å². The number of nitrogens with one attached hydrogen (secondary N) is 1. The third-order valence-electron chi connectivity index (χ3n) is 3.54. The van der Waals surface area contributed by atoms with Crippen molar-refractivity contribution >= 4 is 11.3 Å². The third kappa shape index (κ3) is 3.70. The maximum absolute atomic E-state index is 4.68. The molecule has 1 unspecified atom stereocenters. The first-order valence-corrected chi connectivity index (χ1v) is 8.53. The zero-order chi connectivity index (χ0) is 14.4. The van der Waals surface area contributed by atoms with E-state index in [4.69, 9.17) is 0 Å². The van der Waals surface area contributed by atoms with Crippen LogP contribution >= 0.6 is 11.3 Å².